The van der Waals surface area contributed by atoms with Crippen LogP contribution >= 0.6 is 0 Å². The third-order valence-electron chi connectivity index (χ3n) is 5.45. The van der Waals surface area contributed by atoms with Gasteiger partial charge in [-0.1, -0.05) is 45.2 Å². The first-order valence-electron chi connectivity index (χ1n) is 12.0. The van der Waals surface area contributed by atoms with E-state index in [1.165, 1.54) is 12.8 Å². The predicted octanol–water partition coefficient (Wildman–Crippen LogP) is 2.23. The van der Waals surface area contributed by atoms with Crippen molar-refractivity contribution in [2.75, 3.05) is 40.3 Å². The zero-order valence-corrected chi connectivity index (χ0v) is 22.5. The van der Waals surface area contributed by atoms with E-state index in [4.69, 9.17) is 9.47 Å². The zero-order valence-electron chi connectivity index (χ0n) is 20.9. The van der Waals surface area contributed by atoms with Crippen molar-refractivity contribution in [2.45, 2.75) is 46.0 Å². The highest BCUT2D eigenvalue weighted by Crippen LogP contribution is 2.31. The van der Waals surface area contributed by atoms with Gasteiger partial charge >= 0.3 is 0 Å². The van der Waals surface area contributed by atoms with Crippen molar-refractivity contribution in [1.82, 2.24) is 5.32 Å². The molecule has 0 aliphatic heterocycles. The van der Waals surface area contributed by atoms with Gasteiger partial charge < -0.3 is 36.3 Å². The fourth-order valence-corrected chi connectivity index (χ4v) is 3.40. The molecule has 0 aliphatic rings. The van der Waals surface area contributed by atoms with Crippen LogP contribution in [0.4, 0.5) is 0 Å². The average Bonchev–Trinajstić information content (AvgIpc) is 2.79. The second-order valence-electron chi connectivity index (χ2n) is 8.93. The molecule has 34 heavy (non-hydrogen) atoms. The molecule has 0 saturated carbocycles. The number of hydrogen-bond acceptors (Lipinski definition) is 4. The molecule has 0 atom stereocenters. The zero-order chi connectivity index (χ0) is 24.1. The van der Waals surface area contributed by atoms with Gasteiger partial charge in [0.25, 0.3) is 5.91 Å². The molecule has 0 heterocycles. The fraction of sp³-hybridized carbons (Fsp3) is 0.481. The number of amides is 1. The highest BCUT2D eigenvalue weighted by molar-refractivity contribution is 5.95. The smallest absolute Gasteiger partial charge is 0.275 e. The number of carbonyl (C=O) groups excluding carboxylic acids is 2. The maximum atomic E-state index is 12.3. The Morgan fingerprint density at radius 1 is 0.912 bits per heavy atom. The van der Waals surface area contributed by atoms with Crippen molar-refractivity contribution in [1.29, 1.82) is 0 Å². The number of ketones is 1. The summed E-state index contributed by atoms with van der Waals surface area (Å²) in [7, 11) is 4.06. The van der Waals surface area contributed by atoms with Gasteiger partial charge in [-0.3, -0.25) is 9.59 Å². The number of ether oxygens (including phenoxy) is 2. The van der Waals surface area contributed by atoms with Crippen LogP contribution in [0.5, 0.6) is 17.2 Å². The Kier molecular flexibility index (Phi) is 13.5. The summed E-state index contributed by atoms with van der Waals surface area (Å²) in [6, 6.07) is 14.7. The van der Waals surface area contributed by atoms with Crippen LogP contribution in [-0.2, 0) is 4.79 Å². The first-order valence-corrected chi connectivity index (χ1v) is 12.0. The van der Waals surface area contributed by atoms with Crippen LogP contribution in [0, 0.1) is 0 Å². The Balaban J connectivity index is 0.00000578. The lowest BCUT2D eigenvalue weighted by atomic mass is 10.1. The number of para-hydroxylation sites is 2. The van der Waals surface area contributed by atoms with Gasteiger partial charge in [-0.05, 0) is 42.8 Å². The van der Waals surface area contributed by atoms with Gasteiger partial charge in [-0.2, -0.15) is 0 Å². The topological polar surface area (TPSA) is 64.6 Å². The van der Waals surface area contributed by atoms with Gasteiger partial charge in [0.05, 0.1) is 14.1 Å². The number of carbonyl (C=O) groups is 2. The fourth-order valence-electron chi connectivity index (χ4n) is 3.40. The van der Waals surface area contributed by atoms with E-state index in [2.05, 4.69) is 12.2 Å². The van der Waals surface area contributed by atoms with Gasteiger partial charge in [-0.15, -0.1) is 0 Å². The van der Waals surface area contributed by atoms with Crippen molar-refractivity contribution >= 4 is 11.7 Å². The van der Waals surface area contributed by atoms with E-state index in [-0.39, 0.29) is 28.7 Å². The lowest BCUT2D eigenvalue weighted by Gasteiger charge is -2.29. The molecular formula is C27H39BrN2O4. The van der Waals surface area contributed by atoms with Gasteiger partial charge in [-0.25, -0.2) is 0 Å². The molecule has 0 saturated heterocycles. The number of rotatable bonds is 15. The van der Waals surface area contributed by atoms with Crippen LogP contribution < -0.4 is 31.8 Å². The summed E-state index contributed by atoms with van der Waals surface area (Å²) < 4.78 is 12.5. The summed E-state index contributed by atoms with van der Waals surface area (Å²) in [6.45, 7) is 6.33. The molecule has 1 amide bonds. The van der Waals surface area contributed by atoms with E-state index in [0.29, 0.717) is 53.4 Å². The SMILES string of the molecule is CCCCCCNC(=O)C[N+](C)(C)CCOc1ccccc1Oc1ccc(C(=O)CC)cc1.[Br-]. The normalized spacial score (nSPS) is 10.8. The van der Waals surface area contributed by atoms with E-state index in [9.17, 15) is 9.59 Å². The maximum absolute atomic E-state index is 12.3. The molecule has 0 bridgehead atoms. The molecule has 2 aromatic rings. The molecule has 0 aliphatic carbocycles. The minimum absolute atomic E-state index is 0. The summed E-state index contributed by atoms with van der Waals surface area (Å²) in [5.41, 5.74) is 0.680. The van der Waals surface area contributed by atoms with E-state index >= 15 is 0 Å². The minimum Gasteiger partial charge on any atom is -1.00 e. The summed E-state index contributed by atoms with van der Waals surface area (Å²) in [6.07, 6.45) is 5.07. The number of nitrogens with one attached hydrogen (secondary N) is 1. The summed E-state index contributed by atoms with van der Waals surface area (Å²) in [5, 5.41) is 3.02. The van der Waals surface area contributed by atoms with Crippen LogP contribution in [0.2, 0.25) is 0 Å². The third kappa shape index (κ3) is 10.7. The molecule has 0 unspecified atom stereocenters. The molecule has 1 N–H and O–H groups in total. The molecule has 6 nitrogen and oxygen atoms in total. The summed E-state index contributed by atoms with van der Waals surface area (Å²) >= 11 is 0. The maximum Gasteiger partial charge on any atom is 0.275 e. The number of Topliss-reactive ketones (excluding diaryl/α,β-unsaturated/α-hetero) is 1. The summed E-state index contributed by atoms with van der Waals surface area (Å²) in [4.78, 5) is 24.1. The Bertz CT molecular complexity index is 884. The molecule has 0 radical (unpaired) electrons. The van der Waals surface area contributed by atoms with Crippen molar-refractivity contribution < 1.29 is 40.5 Å². The van der Waals surface area contributed by atoms with E-state index in [0.717, 1.165) is 19.4 Å². The monoisotopic (exact) mass is 534 g/mol. The standard InChI is InChI=1S/C27H38N2O4.BrH/c1-5-7-8-11-18-28-27(31)21-29(3,4)19-20-32-25-12-9-10-13-26(25)33-23-16-14-22(15-17-23)24(30)6-2;/h9-10,12-17H,5-8,11,18-21H2,1-4H3;1H. The molecule has 0 fully saturated rings. The summed E-state index contributed by atoms with van der Waals surface area (Å²) in [5.74, 6) is 2.08. The molecule has 0 spiro atoms. The molecular weight excluding hydrogens is 496 g/mol. The van der Waals surface area contributed by atoms with Gasteiger partial charge in [0.2, 0.25) is 0 Å². The number of hydrogen-bond donors (Lipinski definition) is 1. The number of nitrogens with zero attached hydrogens (tertiary/aromatic N) is 1. The van der Waals surface area contributed by atoms with E-state index in [1.54, 1.807) is 24.3 Å². The first-order chi connectivity index (χ1) is 15.8. The largest absolute Gasteiger partial charge is 1.00 e. The molecule has 188 valence electrons. The van der Waals surface area contributed by atoms with Crippen molar-refractivity contribution in [3.8, 4) is 17.2 Å². The van der Waals surface area contributed by atoms with Crippen molar-refractivity contribution in [2.24, 2.45) is 0 Å². The number of benzene rings is 2. The van der Waals surface area contributed by atoms with Gasteiger partial charge in [0.15, 0.2) is 23.8 Å². The number of quaternary nitrogens is 1. The third-order valence-corrected chi connectivity index (χ3v) is 5.45. The highest BCUT2D eigenvalue weighted by atomic mass is 79.9. The second-order valence-corrected chi connectivity index (χ2v) is 8.93. The van der Waals surface area contributed by atoms with E-state index in [1.807, 2.05) is 45.3 Å². The van der Waals surface area contributed by atoms with Crippen LogP contribution in [0.1, 0.15) is 56.3 Å². The quantitative estimate of drug-likeness (QED) is 0.216. The molecule has 7 heteroatoms. The van der Waals surface area contributed by atoms with Crippen LogP contribution in [0.3, 0.4) is 0 Å². The van der Waals surface area contributed by atoms with E-state index < -0.39 is 0 Å². The van der Waals surface area contributed by atoms with Crippen molar-refractivity contribution in [3.63, 3.8) is 0 Å². The van der Waals surface area contributed by atoms with Gasteiger partial charge in [0, 0.05) is 18.5 Å². The highest BCUT2D eigenvalue weighted by Gasteiger charge is 2.20. The number of halogens is 1. The van der Waals surface area contributed by atoms with Crippen LogP contribution in [0.15, 0.2) is 48.5 Å². The molecule has 2 rings (SSSR count). The molecule has 0 aromatic heterocycles. The average molecular weight is 536 g/mol. The molecule has 2 aromatic carbocycles. The number of likely N-dealkylation sites (N-methyl/N-ethyl adjacent to an activating group) is 1. The second kappa shape index (κ2) is 15.5. The predicted molar refractivity (Wildman–Crippen MR) is 132 cm³/mol. The minimum atomic E-state index is 0. The Morgan fingerprint density at radius 2 is 1.59 bits per heavy atom. The van der Waals surface area contributed by atoms with Gasteiger partial charge in [0.1, 0.15) is 18.9 Å². The Labute approximate surface area is 215 Å². The lowest BCUT2D eigenvalue weighted by molar-refractivity contribution is -0.882. The van der Waals surface area contributed by atoms with Crippen LogP contribution in [0.25, 0.3) is 0 Å². The Hall–Kier alpha value is -2.38. The Morgan fingerprint density at radius 3 is 2.24 bits per heavy atom. The number of unbranched alkanes of at least 4 members (excludes halogenated alkanes) is 3. The van der Waals surface area contributed by atoms with Crippen LogP contribution in [-0.4, -0.2) is 56.5 Å². The van der Waals surface area contributed by atoms with Crippen molar-refractivity contribution in [3.05, 3.63) is 54.1 Å². The lowest BCUT2D eigenvalue weighted by Crippen LogP contribution is -3.00. The first kappa shape index (κ1) is 29.7.